The highest BCUT2D eigenvalue weighted by atomic mass is 16.5. The van der Waals surface area contributed by atoms with Gasteiger partial charge < -0.3 is 15.4 Å². The first-order valence-electron chi connectivity index (χ1n) is 8.46. The van der Waals surface area contributed by atoms with Crippen LogP contribution in [0.25, 0.3) is 0 Å². The van der Waals surface area contributed by atoms with Crippen molar-refractivity contribution in [3.8, 4) is 5.75 Å². The molecule has 2 N–H and O–H groups in total. The van der Waals surface area contributed by atoms with E-state index in [1.165, 1.54) is 18.4 Å². The van der Waals surface area contributed by atoms with Crippen LogP contribution in [0.15, 0.2) is 48.5 Å². The minimum atomic E-state index is -0.163. The molecule has 0 atom stereocenters. The summed E-state index contributed by atoms with van der Waals surface area (Å²) in [6, 6.07) is 15.5. The zero-order valence-corrected chi connectivity index (χ0v) is 14.5. The second-order valence-electron chi connectivity index (χ2n) is 5.88. The van der Waals surface area contributed by atoms with Crippen LogP contribution in [0.5, 0.6) is 5.75 Å². The van der Waals surface area contributed by atoms with Crippen molar-refractivity contribution in [1.29, 1.82) is 0 Å². The number of benzene rings is 2. The van der Waals surface area contributed by atoms with Gasteiger partial charge in [-0.25, -0.2) is 0 Å². The van der Waals surface area contributed by atoms with Crippen molar-refractivity contribution < 1.29 is 9.53 Å². The molecule has 24 heavy (non-hydrogen) atoms. The Labute approximate surface area is 144 Å². The third kappa shape index (κ3) is 6.42. The highest BCUT2D eigenvalue weighted by Gasteiger charge is 2.04. The van der Waals surface area contributed by atoms with Gasteiger partial charge in [0.05, 0.1) is 0 Å². The lowest BCUT2D eigenvalue weighted by Gasteiger charge is -2.09. The van der Waals surface area contributed by atoms with Crippen LogP contribution < -0.4 is 15.4 Å². The van der Waals surface area contributed by atoms with Crippen LogP contribution in [-0.4, -0.2) is 19.1 Å². The maximum Gasteiger partial charge on any atom is 0.262 e. The molecule has 0 aliphatic rings. The fourth-order valence-corrected chi connectivity index (χ4v) is 2.22. The fourth-order valence-electron chi connectivity index (χ4n) is 2.22. The van der Waals surface area contributed by atoms with Crippen LogP contribution in [0.3, 0.4) is 0 Å². The molecular formula is C20H26N2O2. The molecule has 0 heterocycles. The van der Waals surface area contributed by atoms with E-state index < -0.39 is 0 Å². The Kier molecular flexibility index (Phi) is 7.30. The average molecular weight is 326 g/mol. The standard InChI is InChI=1S/C20H26N2O2/c1-3-4-13-21-14-17-7-11-19(12-8-17)24-15-20(23)22-18-9-5-16(2)6-10-18/h5-12,21H,3-4,13-15H2,1-2H3,(H,22,23). The monoisotopic (exact) mass is 326 g/mol. The smallest absolute Gasteiger partial charge is 0.262 e. The van der Waals surface area contributed by atoms with Gasteiger partial charge in [-0.15, -0.1) is 0 Å². The number of ether oxygens (including phenoxy) is 1. The summed E-state index contributed by atoms with van der Waals surface area (Å²) in [6.07, 6.45) is 2.39. The molecule has 128 valence electrons. The minimum Gasteiger partial charge on any atom is -0.484 e. The Hall–Kier alpha value is -2.33. The molecule has 2 aromatic carbocycles. The van der Waals surface area contributed by atoms with Crippen molar-refractivity contribution in [3.05, 3.63) is 59.7 Å². The van der Waals surface area contributed by atoms with Gasteiger partial charge in [-0.05, 0) is 49.7 Å². The first-order valence-corrected chi connectivity index (χ1v) is 8.46. The summed E-state index contributed by atoms with van der Waals surface area (Å²) in [6.45, 7) is 6.09. The Morgan fingerprint density at radius 2 is 1.75 bits per heavy atom. The van der Waals surface area contributed by atoms with E-state index >= 15 is 0 Å². The second kappa shape index (κ2) is 9.73. The third-order valence-corrected chi connectivity index (χ3v) is 3.66. The topological polar surface area (TPSA) is 50.4 Å². The Balaban J connectivity index is 1.73. The molecule has 0 aliphatic heterocycles. The van der Waals surface area contributed by atoms with E-state index in [0.717, 1.165) is 24.3 Å². The zero-order chi connectivity index (χ0) is 17.2. The second-order valence-corrected chi connectivity index (χ2v) is 5.88. The van der Waals surface area contributed by atoms with Gasteiger partial charge in [0.25, 0.3) is 5.91 Å². The molecule has 4 nitrogen and oxygen atoms in total. The Morgan fingerprint density at radius 3 is 2.42 bits per heavy atom. The third-order valence-electron chi connectivity index (χ3n) is 3.66. The van der Waals surface area contributed by atoms with Gasteiger partial charge in [0, 0.05) is 12.2 Å². The summed E-state index contributed by atoms with van der Waals surface area (Å²) in [4.78, 5) is 11.9. The molecule has 0 saturated heterocycles. The van der Waals surface area contributed by atoms with E-state index in [2.05, 4.69) is 17.6 Å². The van der Waals surface area contributed by atoms with Gasteiger partial charge in [-0.3, -0.25) is 4.79 Å². The number of amides is 1. The molecule has 2 rings (SSSR count). The van der Waals surface area contributed by atoms with Gasteiger partial charge in [-0.1, -0.05) is 43.2 Å². The molecule has 0 aliphatic carbocycles. The fraction of sp³-hybridized carbons (Fsp3) is 0.350. The summed E-state index contributed by atoms with van der Waals surface area (Å²) in [5.74, 6) is 0.538. The summed E-state index contributed by atoms with van der Waals surface area (Å²) in [7, 11) is 0. The first-order chi connectivity index (χ1) is 11.7. The van der Waals surface area contributed by atoms with Crippen molar-refractivity contribution in [1.82, 2.24) is 5.32 Å². The molecule has 0 saturated carbocycles. The highest BCUT2D eigenvalue weighted by Crippen LogP contribution is 2.13. The van der Waals surface area contributed by atoms with E-state index in [9.17, 15) is 4.79 Å². The lowest BCUT2D eigenvalue weighted by molar-refractivity contribution is -0.118. The molecule has 2 aromatic rings. The van der Waals surface area contributed by atoms with E-state index in [-0.39, 0.29) is 12.5 Å². The van der Waals surface area contributed by atoms with Crippen LogP contribution in [0.2, 0.25) is 0 Å². The predicted octanol–water partition coefficient (Wildman–Crippen LogP) is 3.90. The van der Waals surface area contributed by atoms with E-state index in [4.69, 9.17) is 4.74 Å². The number of carbonyl (C=O) groups excluding carboxylic acids is 1. The van der Waals surface area contributed by atoms with E-state index in [1.807, 2.05) is 55.5 Å². The molecule has 0 aromatic heterocycles. The predicted molar refractivity (Wildman–Crippen MR) is 98.4 cm³/mol. The SMILES string of the molecule is CCCCNCc1ccc(OCC(=O)Nc2ccc(C)cc2)cc1. The number of nitrogens with one attached hydrogen (secondary N) is 2. The molecule has 0 radical (unpaired) electrons. The molecular weight excluding hydrogens is 300 g/mol. The zero-order valence-electron chi connectivity index (χ0n) is 14.5. The number of aryl methyl sites for hydroxylation is 1. The minimum absolute atomic E-state index is 0.00196. The summed E-state index contributed by atoms with van der Waals surface area (Å²) < 4.78 is 5.53. The van der Waals surface area contributed by atoms with Gasteiger partial charge >= 0.3 is 0 Å². The number of rotatable bonds is 9. The largest absolute Gasteiger partial charge is 0.484 e. The van der Waals surface area contributed by atoms with Crippen molar-refractivity contribution >= 4 is 11.6 Å². The molecule has 0 bridgehead atoms. The van der Waals surface area contributed by atoms with Gasteiger partial charge in [0.2, 0.25) is 0 Å². The van der Waals surface area contributed by atoms with Crippen molar-refractivity contribution in [2.75, 3.05) is 18.5 Å². The highest BCUT2D eigenvalue weighted by molar-refractivity contribution is 5.91. The lowest BCUT2D eigenvalue weighted by atomic mass is 10.2. The van der Waals surface area contributed by atoms with Crippen molar-refractivity contribution in [3.63, 3.8) is 0 Å². The van der Waals surface area contributed by atoms with E-state index in [0.29, 0.717) is 5.75 Å². The van der Waals surface area contributed by atoms with Crippen molar-refractivity contribution in [2.45, 2.75) is 33.2 Å². The van der Waals surface area contributed by atoms with Crippen LogP contribution in [0, 0.1) is 6.92 Å². The van der Waals surface area contributed by atoms with Crippen LogP contribution in [0.1, 0.15) is 30.9 Å². The number of carbonyl (C=O) groups is 1. The van der Waals surface area contributed by atoms with E-state index in [1.54, 1.807) is 0 Å². The Morgan fingerprint density at radius 1 is 1.04 bits per heavy atom. The number of hydrogen-bond donors (Lipinski definition) is 2. The molecule has 0 unspecified atom stereocenters. The number of anilines is 1. The summed E-state index contributed by atoms with van der Waals surface area (Å²) in [5, 5.41) is 6.22. The maximum absolute atomic E-state index is 11.9. The average Bonchev–Trinajstić information content (AvgIpc) is 2.60. The quantitative estimate of drug-likeness (QED) is 0.687. The van der Waals surface area contributed by atoms with Crippen LogP contribution in [-0.2, 0) is 11.3 Å². The van der Waals surface area contributed by atoms with Gasteiger partial charge in [0.1, 0.15) is 5.75 Å². The summed E-state index contributed by atoms with van der Waals surface area (Å²) >= 11 is 0. The molecule has 0 fully saturated rings. The number of unbranched alkanes of at least 4 members (excludes halogenated alkanes) is 1. The Bertz CT molecular complexity index is 621. The lowest BCUT2D eigenvalue weighted by Crippen LogP contribution is -2.20. The van der Waals surface area contributed by atoms with Crippen LogP contribution in [0.4, 0.5) is 5.69 Å². The molecule has 1 amide bonds. The van der Waals surface area contributed by atoms with Crippen molar-refractivity contribution in [2.24, 2.45) is 0 Å². The summed E-state index contributed by atoms with van der Waals surface area (Å²) in [5.41, 5.74) is 3.15. The van der Waals surface area contributed by atoms with Gasteiger partial charge in [-0.2, -0.15) is 0 Å². The molecule has 0 spiro atoms. The molecule has 4 heteroatoms. The first kappa shape index (κ1) is 18.0. The normalized spacial score (nSPS) is 10.4. The van der Waals surface area contributed by atoms with Crippen LogP contribution >= 0.6 is 0 Å². The maximum atomic E-state index is 11.9. The number of hydrogen-bond acceptors (Lipinski definition) is 3. The van der Waals surface area contributed by atoms with Gasteiger partial charge in [0.15, 0.2) is 6.61 Å².